The van der Waals surface area contributed by atoms with Crippen LogP contribution in [-0.2, 0) is 16.0 Å². The van der Waals surface area contributed by atoms with Crippen LogP contribution in [0.3, 0.4) is 0 Å². The summed E-state index contributed by atoms with van der Waals surface area (Å²) in [5.74, 6) is -3.23. The number of rotatable bonds is 5. The third-order valence-corrected chi connectivity index (χ3v) is 2.27. The van der Waals surface area contributed by atoms with Crippen LogP contribution in [0.1, 0.15) is 12.5 Å². The van der Waals surface area contributed by atoms with Gasteiger partial charge in [0.1, 0.15) is 5.75 Å². The van der Waals surface area contributed by atoms with Gasteiger partial charge >= 0.3 is 11.9 Å². The van der Waals surface area contributed by atoms with Crippen molar-refractivity contribution in [3.05, 3.63) is 29.8 Å². The highest BCUT2D eigenvalue weighted by molar-refractivity contribution is 5.83. The van der Waals surface area contributed by atoms with Crippen molar-refractivity contribution in [2.75, 3.05) is 0 Å². The van der Waals surface area contributed by atoms with Crippen molar-refractivity contribution in [1.29, 1.82) is 0 Å². The lowest BCUT2D eigenvalue weighted by molar-refractivity contribution is -0.165. The third-order valence-electron chi connectivity index (χ3n) is 2.27. The van der Waals surface area contributed by atoms with Crippen LogP contribution >= 0.6 is 0 Å². The van der Waals surface area contributed by atoms with Gasteiger partial charge in [0.05, 0.1) is 0 Å². The number of nitrogens with two attached hydrogens (primary N) is 1. The average Bonchev–Trinajstić information content (AvgIpc) is 2.36. The molecular weight excluding hydrogens is 282 g/mol. The highest BCUT2D eigenvalue weighted by Crippen LogP contribution is 2.11. The van der Waals surface area contributed by atoms with Crippen molar-refractivity contribution in [3.8, 4) is 5.75 Å². The number of benzene rings is 1. The van der Waals surface area contributed by atoms with E-state index >= 15 is 0 Å². The van der Waals surface area contributed by atoms with Gasteiger partial charge in [-0.2, -0.15) is 0 Å². The molecule has 3 unspecified atom stereocenters. The predicted molar refractivity (Wildman–Crippen MR) is 72.7 cm³/mol. The standard InChI is InChI=1S/C9H13NO.C4H6O6/c1-7(10)5-8-3-2-4-9(11)6-8;5-1(3(7)8)2(6)4(9)10/h2-4,6-7,11H,5,10H2,1H3;1-2,5-6H,(H,7,8)(H,9,10). The predicted octanol–water partition coefficient (Wildman–Crippen LogP) is -0.841. The number of carboxylic acids is 2. The van der Waals surface area contributed by atoms with E-state index < -0.39 is 24.1 Å². The van der Waals surface area contributed by atoms with Crippen molar-refractivity contribution in [2.24, 2.45) is 5.73 Å². The number of aliphatic carboxylic acids is 2. The molecule has 0 saturated heterocycles. The van der Waals surface area contributed by atoms with E-state index in [1.165, 1.54) is 0 Å². The molecule has 7 N–H and O–H groups in total. The molecule has 1 aromatic carbocycles. The molecule has 8 heteroatoms. The first kappa shape index (κ1) is 18.8. The van der Waals surface area contributed by atoms with Gasteiger partial charge in [-0.3, -0.25) is 0 Å². The molecule has 21 heavy (non-hydrogen) atoms. The minimum atomic E-state index is -2.27. The number of carbonyl (C=O) groups is 2. The van der Waals surface area contributed by atoms with E-state index in [1.807, 2.05) is 19.1 Å². The van der Waals surface area contributed by atoms with Crippen LogP contribution in [0, 0.1) is 0 Å². The van der Waals surface area contributed by atoms with Crippen molar-refractivity contribution in [1.82, 2.24) is 0 Å². The Hall–Kier alpha value is -2.16. The first-order valence-corrected chi connectivity index (χ1v) is 6.00. The Morgan fingerprint density at radius 2 is 1.62 bits per heavy atom. The van der Waals surface area contributed by atoms with Gasteiger partial charge < -0.3 is 31.3 Å². The summed E-state index contributed by atoms with van der Waals surface area (Å²) in [4.78, 5) is 19.5. The fourth-order valence-corrected chi connectivity index (χ4v) is 1.33. The summed E-state index contributed by atoms with van der Waals surface area (Å²) in [6, 6.07) is 7.33. The summed E-state index contributed by atoms with van der Waals surface area (Å²) in [5, 5.41) is 41.6. The second kappa shape index (κ2) is 8.90. The molecule has 0 saturated carbocycles. The van der Waals surface area contributed by atoms with Gasteiger partial charge in [0.25, 0.3) is 0 Å². The Morgan fingerprint density at radius 1 is 1.14 bits per heavy atom. The van der Waals surface area contributed by atoms with Crippen LogP contribution in [-0.4, -0.2) is 55.7 Å². The topological polar surface area (TPSA) is 161 Å². The van der Waals surface area contributed by atoms with Gasteiger partial charge in [-0.25, -0.2) is 9.59 Å². The molecule has 0 amide bonds. The molecule has 0 fully saturated rings. The number of phenolic OH excluding ortho intramolecular Hbond substituents is 1. The molecule has 1 rings (SSSR count). The molecule has 1 aromatic rings. The third kappa shape index (κ3) is 7.88. The van der Waals surface area contributed by atoms with E-state index in [2.05, 4.69) is 0 Å². The highest BCUT2D eigenvalue weighted by atomic mass is 16.4. The maximum atomic E-state index is 9.77. The van der Waals surface area contributed by atoms with E-state index in [9.17, 15) is 9.59 Å². The zero-order valence-electron chi connectivity index (χ0n) is 11.4. The summed E-state index contributed by atoms with van der Waals surface area (Å²) in [7, 11) is 0. The minimum Gasteiger partial charge on any atom is -0.508 e. The van der Waals surface area contributed by atoms with E-state index in [0.29, 0.717) is 5.75 Å². The normalized spacial score (nSPS) is 14.3. The van der Waals surface area contributed by atoms with Crippen LogP contribution in [0.25, 0.3) is 0 Å². The number of aliphatic hydroxyl groups is 2. The van der Waals surface area contributed by atoms with Gasteiger partial charge in [0.15, 0.2) is 12.2 Å². The summed E-state index contributed by atoms with van der Waals surface area (Å²) < 4.78 is 0. The lowest BCUT2D eigenvalue weighted by Crippen LogP contribution is -2.39. The Balaban J connectivity index is 0.000000384. The maximum absolute atomic E-state index is 9.77. The molecule has 0 aliphatic carbocycles. The van der Waals surface area contributed by atoms with Crippen molar-refractivity contribution < 1.29 is 35.1 Å². The minimum absolute atomic E-state index is 0.150. The number of carboxylic acid groups (broad SMARTS) is 2. The number of hydrogen-bond donors (Lipinski definition) is 6. The SMILES string of the molecule is CC(N)Cc1cccc(O)c1.O=C(O)C(O)C(O)C(=O)O. The lowest BCUT2D eigenvalue weighted by Gasteiger charge is -2.07. The van der Waals surface area contributed by atoms with Crippen molar-refractivity contribution >= 4 is 11.9 Å². The van der Waals surface area contributed by atoms with Crippen LogP contribution in [0.4, 0.5) is 0 Å². The molecule has 0 bridgehead atoms. The highest BCUT2D eigenvalue weighted by Gasteiger charge is 2.29. The monoisotopic (exact) mass is 301 g/mol. The first-order valence-electron chi connectivity index (χ1n) is 6.00. The number of phenols is 1. The van der Waals surface area contributed by atoms with Crippen molar-refractivity contribution in [3.63, 3.8) is 0 Å². The molecule has 8 nitrogen and oxygen atoms in total. The van der Waals surface area contributed by atoms with Gasteiger partial charge in [-0.15, -0.1) is 0 Å². The smallest absolute Gasteiger partial charge is 0.335 e. The summed E-state index contributed by atoms with van der Waals surface area (Å²) in [5.41, 5.74) is 6.68. The largest absolute Gasteiger partial charge is 0.508 e. The molecule has 0 heterocycles. The Labute approximate surface area is 121 Å². The number of aromatic hydroxyl groups is 1. The van der Waals surface area contributed by atoms with Crippen LogP contribution < -0.4 is 5.73 Å². The summed E-state index contributed by atoms with van der Waals surface area (Å²) in [6.07, 6.45) is -3.72. The molecule has 118 valence electrons. The van der Waals surface area contributed by atoms with Gasteiger partial charge in [-0.1, -0.05) is 12.1 Å². The first-order chi connectivity index (χ1) is 9.65. The number of aliphatic hydroxyl groups excluding tert-OH is 2. The molecule has 0 spiro atoms. The Bertz CT molecular complexity index is 457. The maximum Gasteiger partial charge on any atom is 0.335 e. The molecule has 0 aliphatic heterocycles. The van der Waals surface area contributed by atoms with E-state index in [-0.39, 0.29) is 6.04 Å². The molecule has 0 aromatic heterocycles. The van der Waals surface area contributed by atoms with Crippen LogP contribution in [0.15, 0.2) is 24.3 Å². The van der Waals surface area contributed by atoms with E-state index in [0.717, 1.165) is 12.0 Å². The zero-order chi connectivity index (χ0) is 16.6. The Kier molecular flexibility index (Phi) is 7.99. The quantitative estimate of drug-likeness (QED) is 0.410. The fourth-order valence-electron chi connectivity index (χ4n) is 1.33. The van der Waals surface area contributed by atoms with Gasteiger partial charge in [-0.05, 0) is 31.0 Å². The summed E-state index contributed by atoms with van der Waals surface area (Å²) in [6.45, 7) is 1.95. The molecule has 3 atom stereocenters. The van der Waals surface area contributed by atoms with Gasteiger partial charge in [0, 0.05) is 6.04 Å². The average molecular weight is 301 g/mol. The molecule has 0 radical (unpaired) electrons. The van der Waals surface area contributed by atoms with Crippen LogP contribution in [0.2, 0.25) is 0 Å². The number of hydrogen-bond acceptors (Lipinski definition) is 6. The van der Waals surface area contributed by atoms with Crippen molar-refractivity contribution in [2.45, 2.75) is 31.6 Å². The Morgan fingerprint density at radius 3 is 1.95 bits per heavy atom. The van der Waals surface area contributed by atoms with Crippen LogP contribution in [0.5, 0.6) is 5.75 Å². The van der Waals surface area contributed by atoms with E-state index in [4.69, 9.17) is 31.3 Å². The molecular formula is C13H19NO7. The second-order valence-corrected chi connectivity index (χ2v) is 4.42. The van der Waals surface area contributed by atoms with Gasteiger partial charge in [0.2, 0.25) is 0 Å². The lowest BCUT2D eigenvalue weighted by atomic mass is 10.1. The fraction of sp³-hybridized carbons (Fsp3) is 0.385. The second-order valence-electron chi connectivity index (χ2n) is 4.42. The summed E-state index contributed by atoms with van der Waals surface area (Å²) >= 11 is 0. The van der Waals surface area contributed by atoms with E-state index in [1.54, 1.807) is 12.1 Å². The zero-order valence-corrected chi connectivity index (χ0v) is 11.4. The molecule has 0 aliphatic rings.